The van der Waals surface area contributed by atoms with Gasteiger partial charge in [0.1, 0.15) is 36.8 Å². The van der Waals surface area contributed by atoms with E-state index in [2.05, 4.69) is 20.0 Å². The Morgan fingerprint density at radius 1 is 0.911 bits per heavy atom. The van der Waals surface area contributed by atoms with Crippen LogP contribution in [0.3, 0.4) is 0 Å². The van der Waals surface area contributed by atoms with Crippen molar-refractivity contribution in [2.24, 2.45) is 0 Å². The number of anilines is 2. The monoisotopic (exact) mass is 656 g/mol. The fourth-order valence-electron chi connectivity index (χ4n) is 3.87. The van der Waals surface area contributed by atoms with Crippen LogP contribution in [0.5, 0.6) is 28.9 Å². The number of hydrogen-bond donors (Lipinski definition) is 2. The van der Waals surface area contributed by atoms with Gasteiger partial charge >= 0.3 is 6.09 Å². The van der Waals surface area contributed by atoms with E-state index in [4.69, 9.17) is 35.3 Å². The lowest BCUT2D eigenvalue weighted by molar-refractivity contribution is 0.135. The zero-order valence-corrected chi connectivity index (χ0v) is 26.9. The highest BCUT2D eigenvalue weighted by atomic mass is 35.5. The summed E-state index contributed by atoms with van der Waals surface area (Å²) in [6.07, 6.45) is 0.381. The van der Waals surface area contributed by atoms with Gasteiger partial charge in [-0.1, -0.05) is 50.6 Å². The van der Waals surface area contributed by atoms with E-state index in [1.165, 1.54) is 32.4 Å². The van der Waals surface area contributed by atoms with Crippen LogP contribution in [0.4, 0.5) is 16.3 Å². The van der Waals surface area contributed by atoms with Crippen LogP contribution in [0, 0.1) is 0 Å². The molecule has 1 heterocycles. The van der Waals surface area contributed by atoms with Gasteiger partial charge in [0.2, 0.25) is 5.75 Å². The molecule has 0 radical (unpaired) electrons. The van der Waals surface area contributed by atoms with Gasteiger partial charge in [0.15, 0.2) is 5.82 Å². The molecule has 0 aliphatic carbocycles. The van der Waals surface area contributed by atoms with Crippen molar-refractivity contribution in [2.45, 2.75) is 31.1 Å². The number of carbonyl (C=O) groups is 1. The van der Waals surface area contributed by atoms with E-state index < -0.39 is 16.1 Å². The molecule has 0 saturated carbocycles. The molecular formula is C31H33ClN4O8S. The first kappa shape index (κ1) is 33.1. The van der Waals surface area contributed by atoms with Crippen LogP contribution in [-0.4, -0.2) is 51.9 Å². The molecule has 1 amide bonds. The number of rotatable bonds is 12. The third-order valence-corrected chi connectivity index (χ3v) is 7.92. The molecule has 0 bridgehead atoms. The molecule has 45 heavy (non-hydrogen) atoms. The van der Waals surface area contributed by atoms with E-state index >= 15 is 0 Å². The molecule has 3 aromatic carbocycles. The molecular weight excluding hydrogens is 624 g/mol. The zero-order valence-electron chi connectivity index (χ0n) is 25.3. The molecule has 0 atom stereocenters. The Bertz CT molecular complexity index is 1750. The Kier molecular flexibility index (Phi) is 10.6. The van der Waals surface area contributed by atoms with Crippen molar-refractivity contribution in [2.75, 3.05) is 37.5 Å². The number of methoxy groups -OCH3 is 2. The lowest BCUT2D eigenvalue weighted by Gasteiger charge is -2.19. The summed E-state index contributed by atoms with van der Waals surface area (Å²) in [5.74, 6) is 0.599. The molecule has 0 aliphatic heterocycles. The topological polar surface area (TPSA) is 147 Å². The highest BCUT2D eigenvalue weighted by molar-refractivity contribution is 7.92. The molecule has 0 fully saturated rings. The lowest BCUT2D eigenvalue weighted by Crippen LogP contribution is -2.18. The van der Waals surface area contributed by atoms with Crippen molar-refractivity contribution < 1.29 is 36.9 Å². The third kappa shape index (κ3) is 8.89. The summed E-state index contributed by atoms with van der Waals surface area (Å²) in [6, 6.07) is 18.0. The van der Waals surface area contributed by atoms with Gasteiger partial charge in [-0.3, -0.25) is 10.0 Å². The van der Waals surface area contributed by atoms with Gasteiger partial charge in [-0.25, -0.2) is 18.2 Å². The minimum Gasteiger partial charge on any atom is -0.497 e. The Balaban J connectivity index is 1.55. The van der Waals surface area contributed by atoms with Crippen LogP contribution in [0.25, 0.3) is 0 Å². The third-order valence-electron chi connectivity index (χ3n) is 6.25. The smallest absolute Gasteiger partial charge is 0.411 e. The van der Waals surface area contributed by atoms with Crippen molar-refractivity contribution in [1.29, 1.82) is 0 Å². The maximum atomic E-state index is 13.4. The lowest BCUT2D eigenvalue weighted by atomic mass is 9.87. The molecule has 0 saturated heterocycles. The van der Waals surface area contributed by atoms with Crippen LogP contribution in [-0.2, 0) is 20.2 Å². The van der Waals surface area contributed by atoms with Crippen molar-refractivity contribution in [1.82, 2.24) is 9.97 Å². The first-order chi connectivity index (χ1) is 21.4. The first-order valence-corrected chi connectivity index (χ1v) is 15.5. The molecule has 0 aliphatic rings. The van der Waals surface area contributed by atoms with Crippen molar-refractivity contribution >= 4 is 39.2 Å². The van der Waals surface area contributed by atoms with Crippen molar-refractivity contribution in [3.8, 4) is 28.9 Å². The second kappa shape index (κ2) is 14.4. The Hall–Kier alpha value is -4.75. The molecule has 12 nitrogen and oxygen atoms in total. The molecule has 238 valence electrons. The highest BCUT2D eigenvalue weighted by Crippen LogP contribution is 2.40. The van der Waals surface area contributed by atoms with Gasteiger partial charge in [0.25, 0.3) is 15.9 Å². The van der Waals surface area contributed by atoms with E-state index in [9.17, 15) is 13.2 Å². The summed E-state index contributed by atoms with van der Waals surface area (Å²) >= 11 is 6.36. The summed E-state index contributed by atoms with van der Waals surface area (Å²) < 4.78 is 56.6. The van der Waals surface area contributed by atoms with Gasteiger partial charge in [-0.15, -0.1) is 0 Å². The maximum Gasteiger partial charge on any atom is 0.411 e. The van der Waals surface area contributed by atoms with E-state index in [0.29, 0.717) is 17.2 Å². The normalized spacial score (nSPS) is 11.3. The van der Waals surface area contributed by atoms with Gasteiger partial charge in [0.05, 0.1) is 24.1 Å². The first-order valence-electron chi connectivity index (χ1n) is 13.6. The number of ether oxygens (including phenoxy) is 5. The van der Waals surface area contributed by atoms with Crippen LogP contribution in [0.2, 0.25) is 5.02 Å². The number of nitrogens with zero attached hydrogens (tertiary/aromatic N) is 2. The quantitative estimate of drug-likeness (QED) is 0.159. The average molecular weight is 657 g/mol. The van der Waals surface area contributed by atoms with Gasteiger partial charge < -0.3 is 23.7 Å². The molecule has 4 aromatic rings. The van der Waals surface area contributed by atoms with Gasteiger partial charge in [-0.2, -0.15) is 4.98 Å². The fraction of sp³-hybridized carbons (Fsp3) is 0.258. The molecule has 1 aromatic heterocycles. The Morgan fingerprint density at radius 2 is 1.62 bits per heavy atom. The zero-order chi connectivity index (χ0) is 32.6. The predicted molar refractivity (Wildman–Crippen MR) is 170 cm³/mol. The SMILES string of the molecule is COc1cccc(NC(=O)OCCOc2ncnc(NS(=O)(=O)c3ccc(C(C)(C)C)cc3)c2Oc2cc(OC)ccc2Cl)c1. The molecule has 0 spiro atoms. The van der Waals surface area contributed by atoms with E-state index in [1.807, 2.05) is 20.8 Å². The predicted octanol–water partition coefficient (Wildman–Crippen LogP) is 6.67. The standard InChI is InChI=1S/C31H33ClN4O8S/c1-31(2,3)20-9-12-24(13-10-20)45(38,39)36-28-27(44-26-18-23(41-5)11-14-25(26)32)29(34-19-33-28)42-15-16-43-30(37)35-21-7-6-8-22(17-21)40-4/h6-14,17-19H,15-16H2,1-5H3,(H,35,37)(H,33,34,36). The van der Waals surface area contributed by atoms with Crippen LogP contribution >= 0.6 is 11.6 Å². The number of amides is 1. The van der Waals surface area contributed by atoms with E-state index in [1.54, 1.807) is 48.5 Å². The number of benzene rings is 3. The molecule has 0 unspecified atom stereocenters. The Labute approximate surface area is 266 Å². The van der Waals surface area contributed by atoms with Crippen LogP contribution in [0.15, 0.2) is 78.0 Å². The van der Waals surface area contributed by atoms with Gasteiger partial charge in [-0.05, 0) is 47.4 Å². The number of nitrogens with one attached hydrogen (secondary N) is 2. The van der Waals surface area contributed by atoms with Crippen molar-refractivity contribution in [3.05, 3.63) is 83.6 Å². The number of sulfonamides is 1. The molecule has 4 rings (SSSR count). The minimum atomic E-state index is -4.12. The number of halogens is 1. The van der Waals surface area contributed by atoms with E-state index in [0.717, 1.165) is 11.9 Å². The average Bonchev–Trinajstić information content (AvgIpc) is 3.01. The molecule has 14 heteroatoms. The summed E-state index contributed by atoms with van der Waals surface area (Å²) in [7, 11) is -1.13. The van der Waals surface area contributed by atoms with Crippen LogP contribution in [0.1, 0.15) is 26.3 Å². The largest absolute Gasteiger partial charge is 0.497 e. The summed E-state index contributed by atoms with van der Waals surface area (Å²) in [5.41, 5.74) is 1.28. The second-order valence-corrected chi connectivity index (χ2v) is 12.6. The molecule has 2 N–H and O–H groups in total. The second-order valence-electron chi connectivity index (χ2n) is 10.5. The van der Waals surface area contributed by atoms with E-state index in [-0.39, 0.29) is 51.7 Å². The number of aromatic nitrogens is 2. The Morgan fingerprint density at radius 3 is 2.31 bits per heavy atom. The summed E-state index contributed by atoms with van der Waals surface area (Å²) in [5, 5.41) is 2.79. The summed E-state index contributed by atoms with van der Waals surface area (Å²) in [4.78, 5) is 20.5. The van der Waals surface area contributed by atoms with Crippen molar-refractivity contribution in [3.63, 3.8) is 0 Å². The highest BCUT2D eigenvalue weighted by Gasteiger charge is 2.24. The fourth-order valence-corrected chi connectivity index (χ4v) is 5.04. The number of hydrogen-bond acceptors (Lipinski definition) is 10. The summed E-state index contributed by atoms with van der Waals surface area (Å²) in [6.45, 7) is 5.75. The van der Waals surface area contributed by atoms with Crippen LogP contribution < -0.4 is 29.0 Å². The maximum absolute atomic E-state index is 13.4. The van der Waals surface area contributed by atoms with Gasteiger partial charge in [0, 0.05) is 17.8 Å². The number of carbonyl (C=O) groups excluding carboxylic acids is 1. The minimum absolute atomic E-state index is 0.0115.